The summed E-state index contributed by atoms with van der Waals surface area (Å²) in [7, 11) is 4.09. The average Bonchev–Trinajstić information content (AvgIpc) is 2.44. The summed E-state index contributed by atoms with van der Waals surface area (Å²) in [6.45, 7) is 12.6. The molecule has 0 aromatic heterocycles. The minimum Gasteiger partial charge on any atom is -0.385 e. The monoisotopic (exact) mass is 298 g/mol. The first-order valence-electron chi connectivity index (χ1n) is 8.82. The van der Waals surface area contributed by atoms with Crippen molar-refractivity contribution in [3.63, 3.8) is 0 Å². The van der Waals surface area contributed by atoms with Crippen LogP contribution in [0.15, 0.2) is 0 Å². The van der Waals surface area contributed by atoms with Gasteiger partial charge in [-0.25, -0.2) is 0 Å². The quantitative estimate of drug-likeness (QED) is 0.694. The summed E-state index contributed by atoms with van der Waals surface area (Å²) in [4.78, 5) is 2.57. The van der Waals surface area contributed by atoms with Gasteiger partial charge in [-0.15, -0.1) is 0 Å². The third-order valence-corrected chi connectivity index (χ3v) is 5.12. The summed E-state index contributed by atoms with van der Waals surface area (Å²) in [5.74, 6) is 0.840. The Hall–Kier alpha value is -0.120. The van der Waals surface area contributed by atoms with E-state index in [2.05, 4.69) is 45.0 Å². The van der Waals surface area contributed by atoms with E-state index < -0.39 is 0 Å². The van der Waals surface area contributed by atoms with Crippen LogP contribution in [0.4, 0.5) is 0 Å². The van der Waals surface area contributed by atoms with Crippen LogP contribution in [0.25, 0.3) is 0 Å². The number of hydrogen-bond acceptors (Lipinski definition) is 3. The van der Waals surface area contributed by atoms with E-state index in [0.717, 1.165) is 32.0 Å². The van der Waals surface area contributed by atoms with Gasteiger partial charge in [0.05, 0.1) is 0 Å². The van der Waals surface area contributed by atoms with Crippen LogP contribution in [-0.2, 0) is 4.74 Å². The lowest BCUT2D eigenvalue weighted by Gasteiger charge is -2.45. The third kappa shape index (κ3) is 6.25. The van der Waals surface area contributed by atoms with E-state index in [1.807, 2.05) is 0 Å². The Balaban J connectivity index is 2.63. The Labute approximate surface area is 132 Å². The molecule has 0 aromatic carbocycles. The van der Waals surface area contributed by atoms with E-state index in [1.165, 1.54) is 25.7 Å². The lowest BCUT2D eigenvalue weighted by molar-refractivity contribution is 0.0669. The summed E-state index contributed by atoms with van der Waals surface area (Å²) in [5.41, 5.74) is 0.432. The second-order valence-corrected chi connectivity index (χ2v) is 7.83. The fourth-order valence-electron chi connectivity index (χ4n) is 3.61. The molecule has 3 atom stereocenters. The molecule has 3 heteroatoms. The number of ether oxygens (including phenoxy) is 1. The summed E-state index contributed by atoms with van der Waals surface area (Å²) in [6, 6.07) is 1.34. The van der Waals surface area contributed by atoms with Crippen molar-refractivity contribution in [1.29, 1.82) is 0 Å². The lowest BCUT2D eigenvalue weighted by atomic mass is 9.69. The van der Waals surface area contributed by atoms with Crippen LogP contribution in [0, 0.1) is 11.3 Å². The molecule has 3 nitrogen and oxygen atoms in total. The van der Waals surface area contributed by atoms with Crippen molar-refractivity contribution < 1.29 is 4.74 Å². The number of nitrogens with zero attached hydrogens (tertiary/aromatic N) is 1. The van der Waals surface area contributed by atoms with Crippen LogP contribution in [0.3, 0.4) is 0 Å². The van der Waals surface area contributed by atoms with Crippen molar-refractivity contribution in [3.05, 3.63) is 0 Å². The Morgan fingerprint density at radius 3 is 2.52 bits per heavy atom. The summed E-state index contributed by atoms with van der Waals surface area (Å²) in [6.07, 6.45) is 6.37. The van der Waals surface area contributed by atoms with Gasteiger partial charge in [-0.3, -0.25) is 0 Å². The zero-order chi connectivity index (χ0) is 15.9. The van der Waals surface area contributed by atoms with E-state index in [9.17, 15) is 0 Å². The minimum absolute atomic E-state index is 0.432. The fraction of sp³-hybridized carbons (Fsp3) is 1.00. The van der Waals surface area contributed by atoms with Gasteiger partial charge in [-0.05, 0) is 57.0 Å². The van der Waals surface area contributed by atoms with Gasteiger partial charge < -0.3 is 15.0 Å². The van der Waals surface area contributed by atoms with Crippen molar-refractivity contribution in [2.45, 2.75) is 71.9 Å². The van der Waals surface area contributed by atoms with Crippen LogP contribution in [0.1, 0.15) is 59.8 Å². The maximum atomic E-state index is 5.20. The Kier molecular flexibility index (Phi) is 8.22. The summed E-state index contributed by atoms with van der Waals surface area (Å²) in [5, 5.41) is 3.79. The molecule has 0 bridgehead atoms. The highest BCUT2D eigenvalue weighted by molar-refractivity contribution is 4.93. The van der Waals surface area contributed by atoms with Gasteiger partial charge in [0.1, 0.15) is 0 Å². The SMILES string of the molecule is CCCNC1CCC(C(C)(C)C)CC1N(C)CCCOC. The van der Waals surface area contributed by atoms with Crippen molar-refractivity contribution in [3.8, 4) is 0 Å². The predicted molar refractivity (Wildman–Crippen MR) is 91.8 cm³/mol. The molecule has 0 radical (unpaired) electrons. The molecule has 1 aliphatic rings. The number of rotatable bonds is 8. The van der Waals surface area contributed by atoms with Gasteiger partial charge in [-0.1, -0.05) is 27.7 Å². The summed E-state index contributed by atoms with van der Waals surface area (Å²) < 4.78 is 5.20. The topological polar surface area (TPSA) is 24.5 Å². The van der Waals surface area contributed by atoms with Gasteiger partial charge in [0, 0.05) is 32.3 Å². The van der Waals surface area contributed by atoms with Crippen molar-refractivity contribution in [2.75, 3.05) is 33.9 Å². The highest BCUT2D eigenvalue weighted by Crippen LogP contribution is 2.39. The lowest BCUT2D eigenvalue weighted by Crippen LogP contribution is -2.53. The highest BCUT2D eigenvalue weighted by Gasteiger charge is 2.37. The molecular formula is C18H38N2O. The van der Waals surface area contributed by atoms with Crippen LogP contribution >= 0.6 is 0 Å². The predicted octanol–water partition coefficient (Wildman–Crippen LogP) is 3.54. The molecule has 0 heterocycles. The van der Waals surface area contributed by atoms with E-state index >= 15 is 0 Å². The zero-order valence-electron chi connectivity index (χ0n) is 15.2. The largest absolute Gasteiger partial charge is 0.385 e. The molecule has 21 heavy (non-hydrogen) atoms. The van der Waals surface area contributed by atoms with Crippen molar-refractivity contribution in [2.24, 2.45) is 11.3 Å². The van der Waals surface area contributed by atoms with Gasteiger partial charge in [0.25, 0.3) is 0 Å². The molecule has 0 spiro atoms. The van der Waals surface area contributed by atoms with Gasteiger partial charge in [0.15, 0.2) is 0 Å². The maximum absolute atomic E-state index is 5.20. The molecule has 3 unspecified atom stereocenters. The molecule has 1 N–H and O–H groups in total. The molecule has 1 saturated carbocycles. The number of nitrogens with one attached hydrogen (secondary N) is 1. The normalized spacial score (nSPS) is 27.3. The van der Waals surface area contributed by atoms with Gasteiger partial charge in [-0.2, -0.15) is 0 Å². The third-order valence-electron chi connectivity index (χ3n) is 5.12. The second kappa shape index (κ2) is 9.12. The second-order valence-electron chi connectivity index (χ2n) is 7.83. The van der Waals surface area contributed by atoms with E-state index in [4.69, 9.17) is 4.74 Å². The molecule has 0 amide bonds. The number of likely N-dealkylation sites (N-methyl/N-ethyl adjacent to an activating group) is 1. The van der Waals surface area contributed by atoms with Crippen LogP contribution in [-0.4, -0.2) is 50.8 Å². The first-order valence-corrected chi connectivity index (χ1v) is 8.82. The molecule has 0 aromatic rings. The molecule has 0 aliphatic heterocycles. The Morgan fingerprint density at radius 2 is 1.95 bits per heavy atom. The molecule has 126 valence electrons. The molecule has 1 fully saturated rings. The van der Waals surface area contributed by atoms with Crippen LogP contribution in [0.5, 0.6) is 0 Å². The van der Waals surface area contributed by atoms with Gasteiger partial charge >= 0.3 is 0 Å². The number of hydrogen-bond donors (Lipinski definition) is 1. The minimum atomic E-state index is 0.432. The Bertz CT molecular complexity index is 275. The van der Waals surface area contributed by atoms with Crippen LogP contribution < -0.4 is 5.32 Å². The smallest absolute Gasteiger partial charge is 0.0474 e. The molecular weight excluding hydrogens is 260 g/mol. The molecule has 0 saturated heterocycles. The fourth-order valence-corrected chi connectivity index (χ4v) is 3.61. The van der Waals surface area contributed by atoms with Crippen LogP contribution in [0.2, 0.25) is 0 Å². The standard InChI is InChI=1S/C18H38N2O/c1-7-11-19-16-10-9-15(18(2,3)4)14-17(16)20(5)12-8-13-21-6/h15-17,19H,7-14H2,1-6H3. The average molecular weight is 299 g/mol. The maximum Gasteiger partial charge on any atom is 0.0474 e. The van der Waals surface area contributed by atoms with Crippen molar-refractivity contribution >= 4 is 0 Å². The Morgan fingerprint density at radius 1 is 1.24 bits per heavy atom. The van der Waals surface area contributed by atoms with Gasteiger partial charge in [0.2, 0.25) is 0 Å². The van der Waals surface area contributed by atoms with Crippen molar-refractivity contribution in [1.82, 2.24) is 10.2 Å². The highest BCUT2D eigenvalue weighted by atomic mass is 16.5. The first kappa shape index (κ1) is 18.9. The van der Waals surface area contributed by atoms with E-state index in [0.29, 0.717) is 17.5 Å². The molecule has 1 rings (SSSR count). The number of methoxy groups -OCH3 is 1. The molecule has 1 aliphatic carbocycles. The van der Waals surface area contributed by atoms with E-state index in [-0.39, 0.29) is 0 Å². The first-order chi connectivity index (χ1) is 9.90. The zero-order valence-corrected chi connectivity index (χ0v) is 15.2. The summed E-state index contributed by atoms with van der Waals surface area (Å²) >= 11 is 0. The van der Waals surface area contributed by atoms with E-state index in [1.54, 1.807) is 7.11 Å².